The molecule has 35 heavy (non-hydrogen) atoms. The maximum atomic E-state index is 13.2. The average Bonchev–Trinajstić information content (AvgIpc) is 3.39. The molecule has 0 spiro atoms. The Balaban J connectivity index is 1.36. The number of rotatable bonds is 8. The van der Waals surface area contributed by atoms with Crippen molar-refractivity contribution in [2.24, 2.45) is 0 Å². The molecule has 1 aromatic heterocycles. The van der Waals surface area contributed by atoms with Crippen LogP contribution < -0.4 is 25.6 Å². The summed E-state index contributed by atoms with van der Waals surface area (Å²) in [5, 5.41) is 9.44. The van der Waals surface area contributed by atoms with Gasteiger partial charge in [0, 0.05) is 30.7 Å². The van der Waals surface area contributed by atoms with Gasteiger partial charge in [0.15, 0.2) is 24.3 Å². The third-order valence-electron chi connectivity index (χ3n) is 6.13. The Hall–Kier alpha value is -3.37. The van der Waals surface area contributed by atoms with Crippen LogP contribution in [0.15, 0.2) is 30.5 Å². The van der Waals surface area contributed by atoms with E-state index in [0.29, 0.717) is 36.1 Å². The molecule has 1 unspecified atom stereocenters. The lowest BCUT2D eigenvalue weighted by atomic mass is 10.1. The molecule has 0 bridgehead atoms. The second-order valence-electron chi connectivity index (χ2n) is 9.24. The number of allylic oxidation sites excluding steroid dienone is 1. The summed E-state index contributed by atoms with van der Waals surface area (Å²) < 4.78 is 13.5. The summed E-state index contributed by atoms with van der Waals surface area (Å²) in [5.41, 5.74) is 2.50. The first-order valence-electron chi connectivity index (χ1n) is 11.7. The summed E-state index contributed by atoms with van der Waals surface area (Å²) >= 11 is 1.47. The van der Waals surface area contributed by atoms with E-state index in [-0.39, 0.29) is 11.8 Å². The lowest BCUT2D eigenvalue weighted by molar-refractivity contribution is -0.423. The van der Waals surface area contributed by atoms with Crippen LogP contribution >= 0.6 is 11.3 Å². The Morgan fingerprint density at radius 2 is 2.11 bits per heavy atom. The fourth-order valence-electron chi connectivity index (χ4n) is 4.27. The topological polar surface area (TPSA) is 94.9 Å². The van der Waals surface area contributed by atoms with Crippen molar-refractivity contribution in [2.75, 3.05) is 42.3 Å². The molecule has 0 saturated carbocycles. The highest BCUT2D eigenvalue weighted by Crippen LogP contribution is 2.44. The van der Waals surface area contributed by atoms with E-state index in [0.717, 1.165) is 28.2 Å². The van der Waals surface area contributed by atoms with Crippen molar-refractivity contribution in [2.45, 2.75) is 39.1 Å². The lowest BCUT2D eigenvalue weighted by Crippen LogP contribution is -2.50. The van der Waals surface area contributed by atoms with Crippen LogP contribution in [0.2, 0.25) is 0 Å². The van der Waals surface area contributed by atoms with E-state index >= 15 is 0 Å². The molecule has 3 aliphatic heterocycles. The molecule has 4 heterocycles. The number of nitrogens with zero attached hydrogens (tertiary/aromatic N) is 2. The number of nitrogens with one attached hydrogen (secondary N) is 3. The van der Waals surface area contributed by atoms with Crippen LogP contribution in [0.4, 0.5) is 17.1 Å². The van der Waals surface area contributed by atoms with Crippen LogP contribution in [0.25, 0.3) is 5.57 Å². The van der Waals surface area contributed by atoms with Gasteiger partial charge in [0.05, 0.1) is 21.9 Å². The fourth-order valence-corrected chi connectivity index (χ4v) is 5.16. The van der Waals surface area contributed by atoms with Crippen molar-refractivity contribution in [3.05, 3.63) is 40.2 Å². The molecule has 2 aromatic rings. The van der Waals surface area contributed by atoms with E-state index in [1.165, 1.54) is 11.3 Å². The van der Waals surface area contributed by atoms with E-state index in [9.17, 15) is 9.59 Å². The summed E-state index contributed by atoms with van der Waals surface area (Å²) in [7, 11) is 1.98. The number of hydrogen-bond acceptors (Lipinski definition) is 7. The number of carbonyl (C=O) groups is 2. The van der Waals surface area contributed by atoms with Gasteiger partial charge in [-0.2, -0.15) is 0 Å². The highest BCUT2D eigenvalue weighted by atomic mass is 32.1. The van der Waals surface area contributed by atoms with Crippen LogP contribution in [0.1, 0.15) is 41.7 Å². The third kappa shape index (κ3) is 4.51. The molecule has 0 aliphatic carbocycles. The minimum atomic E-state index is -0.959. The maximum Gasteiger partial charge on any atom is 0.268 e. The first-order chi connectivity index (χ1) is 16.7. The van der Waals surface area contributed by atoms with E-state index in [1.807, 2.05) is 55.2 Å². The molecule has 3 N–H and O–H groups in total. The number of hydrogen-bond donors (Lipinski definition) is 3. The third-order valence-corrected chi connectivity index (χ3v) is 7.26. The predicted molar refractivity (Wildman–Crippen MR) is 138 cm³/mol. The maximum absolute atomic E-state index is 13.2. The monoisotopic (exact) mass is 496 g/mol. The van der Waals surface area contributed by atoms with Gasteiger partial charge in [0.2, 0.25) is 0 Å². The number of benzene rings is 1. The summed E-state index contributed by atoms with van der Waals surface area (Å²) in [4.78, 5) is 29.3. The molecule has 184 valence electrons. The van der Waals surface area contributed by atoms with Crippen LogP contribution in [0.3, 0.4) is 0 Å². The van der Waals surface area contributed by atoms with Crippen molar-refractivity contribution in [3.8, 4) is 5.75 Å². The van der Waals surface area contributed by atoms with Gasteiger partial charge in [0.25, 0.3) is 11.8 Å². The molecular weight excluding hydrogens is 466 g/mol. The highest BCUT2D eigenvalue weighted by molar-refractivity contribution is 7.15. The zero-order valence-corrected chi connectivity index (χ0v) is 21.1. The standard InChI is InChI=1S/C25H29N5O4S/c1-5-33-10-6-9-30-18-12-19-17(26-23(32)25(2,3)34-19)11-16(18)27-24(30)28-22(31)21-8-7-20(35-21)15-13-29(4)14-15/h7-8,11-14,24,27H,5-6,9-10H2,1-4H3,(H-,26,28,31,32)/p+1. The highest BCUT2D eigenvalue weighted by Gasteiger charge is 2.38. The normalized spacial score (nSPS) is 19.4. The number of fused-ring (bicyclic) bond motifs is 2. The van der Waals surface area contributed by atoms with Gasteiger partial charge in [-0.15, -0.1) is 11.3 Å². The van der Waals surface area contributed by atoms with E-state index < -0.39 is 11.9 Å². The van der Waals surface area contributed by atoms with Gasteiger partial charge < -0.3 is 30.3 Å². The van der Waals surface area contributed by atoms with E-state index in [4.69, 9.17) is 9.47 Å². The number of anilines is 3. The molecule has 2 amide bonds. The van der Waals surface area contributed by atoms with Crippen molar-refractivity contribution in [1.82, 2.24) is 5.32 Å². The van der Waals surface area contributed by atoms with Gasteiger partial charge in [-0.25, -0.2) is 4.58 Å². The van der Waals surface area contributed by atoms with E-state index in [1.54, 1.807) is 13.8 Å². The second-order valence-corrected chi connectivity index (χ2v) is 10.3. The first-order valence-corrected chi connectivity index (χ1v) is 12.6. The zero-order chi connectivity index (χ0) is 24.7. The van der Waals surface area contributed by atoms with Crippen LogP contribution in [-0.2, 0) is 9.53 Å². The lowest BCUT2D eigenvalue weighted by Gasteiger charge is -2.32. The summed E-state index contributed by atoms with van der Waals surface area (Å²) in [6, 6.07) is 7.61. The zero-order valence-electron chi connectivity index (χ0n) is 20.3. The van der Waals surface area contributed by atoms with Crippen molar-refractivity contribution >= 4 is 52.0 Å². The Labute approximate surface area is 208 Å². The van der Waals surface area contributed by atoms with Crippen LogP contribution in [0.5, 0.6) is 5.75 Å². The second kappa shape index (κ2) is 9.01. The molecule has 0 saturated heterocycles. The Morgan fingerprint density at radius 1 is 1.31 bits per heavy atom. The number of carbonyl (C=O) groups excluding carboxylic acids is 2. The summed E-state index contributed by atoms with van der Waals surface area (Å²) in [5.74, 6) is 0.264. The number of thiophene rings is 1. The Kier molecular flexibility index (Phi) is 6.02. The molecule has 5 rings (SSSR count). The molecule has 0 fully saturated rings. The first kappa shape index (κ1) is 23.4. The fraction of sp³-hybridized carbons (Fsp3) is 0.400. The molecule has 1 atom stereocenters. The molecule has 10 heteroatoms. The minimum absolute atomic E-state index is 0.148. The van der Waals surface area contributed by atoms with Crippen LogP contribution in [-0.4, -0.2) is 61.3 Å². The quantitative estimate of drug-likeness (QED) is 0.384. The Bertz CT molecular complexity index is 1250. The Morgan fingerprint density at radius 3 is 2.86 bits per heavy atom. The number of ether oxygens (including phenoxy) is 2. The molecule has 0 radical (unpaired) electrons. The summed E-state index contributed by atoms with van der Waals surface area (Å²) in [6.07, 6.45) is 4.42. The smallest absolute Gasteiger partial charge is 0.268 e. The largest absolute Gasteiger partial charge is 0.476 e. The minimum Gasteiger partial charge on any atom is -0.476 e. The SMILES string of the molecule is CCOCCCN1c2cc3c(cc2NC1NC(=O)c1ccc(C2=C[N+](C)=C2)s1)NC(=O)C(C)(C)O3. The van der Waals surface area contributed by atoms with E-state index in [2.05, 4.69) is 20.9 Å². The number of amides is 2. The van der Waals surface area contributed by atoms with Gasteiger partial charge in [-0.1, -0.05) is 0 Å². The van der Waals surface area contributed by atoms with Crippen molar-refractivity contribution in [3.63, 3.8) is 0 Å². The van der Waals surface area contributed by atoms with Crippen LogP contribution in [0, 0.1) is 0 Å². The van der Waals surface area contributed by atoms with Crippen molar-refractivity contribution < 1.29 is 23.6 Å². The molecule has 3 aliphatic rings. The van der Waals surface area contributed by atoms with Crippen molar-refractivity contribution in [1.29, 1.82) is 0 Å². The summed E-state index contributed by atoms with van der Waals surface area (Å²) in [6.45, 7) is 7.41. The molecule has 1 aromatic carbocycles. The molecular formula is C25H30N5O4S+. The average molecular weight is 497 g/mol. The van der Waals surface area contributed by atoms with Gasteiger partial charge in [0.1, 0.15) is 18.4 Å². The van der Waals surface area contributed by atoms with Gasteiger partial charge >= 0.3 is 0 Å². The van der Waals surface area contributed by atoms with Gasteiger partial charge in [-0.3, -0.25) is 9.59 Å². The molecule has 9 nitrogen and oxygen atoms in total. The predicted octanol–water partition coefficient (Wildman–Crippen LogP) is 3.30. The van der Waals surface area contributed by atoms with Gasteiger partial charge in [-0.05, 0) is 45.4 Å².